The topological polar surface area (TPSA) is 59.5 Å². The smallest absolute Gasteiger partial charge is 0.223 e. The third kappa shape index (κ3) is 4.37. The fourth-order valence-corrected chi connectivity index (χ4v) is 2.93. The zero-order valence-electron chi connectivity index (χ0n) is 12.4. The van der Waals surface area contributed by atoms with Gasteiger partial charge in [-0.05, 0) is 44.7 Å². The van der Waals surface area contributed by atoms with Gasteiger partial charge in [0.1, 0.15) is 5.76 Å². The molecule has 1 aliphatic rings. The van der Waals surface area contributed by atoms with E-state index in [0.717, 1.165) is 31.4 Å². The van der Waals surface area contributed by atoms with Crippen molar-refractivity contribution in [2.75, 3.05) is 0 Å². The van der Waals surface area contributed by atoms with Gasteiger partial charge in [-0.15, -0.1) is 0 Å². The van der Waals surface area contributed by atoms with Gasteiger partial charge in [0.05, 0.1) is 12.8 Å². The minimum Gasteiger partial charge on any atom is -0.467 e. The predicted molar refractivity (Wildman–Crippen MR) is 79.0 cm³/mol. The number of amides is 1. The van der Waals surface area contributed by atoms with E-state index < -0.39 is 0 Å². The molecule has 1 unspecified atom stereocenters. The van der Waals surface area contributed by atoms with Crippen molar-refractivity contribution in [2.24, 2.45) is 5.73 Å². The van der Waals surface area contributed by atoms with Crippen molar-refractivity contribution in [3.8, 4) is 0 Å². The van der Waals surface area contributed by atoms with Crippen LogP contribution in [0.4, 0.5) is 0 Å². The highest BCUT2D eigenvalue weighted by molar-refractivity contribution is 5.76. The van der Waals surface area contributed by atoms with Crippen molar-refractivity contribution in [2.45, 2.75) is 70.5 Å². The fraction of sp³-hybridized carbons (Fsp3) is 0.688. The maximum atomic E-state index is 12.5. The zero-order chi connectivity index (χ0) is 14.4. The van der Waals surface area contributed by atoms with Crippen LogP contribution in [0.15, 0.2) is 22.8 Å². The SMILES string of the molecule is CC(N)CCCC(=O)N(Cc1ccco1)C1CCCC1. The molecule has 1 aromatic rings. The van der Waals surface area contributed by atoms with Gasteiger partial charge in [-0.25, -0.2) is 0 Å². The molecule has 0 aliphatic heterocycles. The molecule has 1 atom stereocenters. The third-order valence-electron chi connectivity index (χ3n) is 4.04. The average molecular weight is 278 g/mol. The lowest BCUT2D eigenvalue weighted by Gasteiger charge is -2.28. The van der Waals surface area contributed by atoms with Gasteiger partial charge in [-0.3, -0.25) is 4.79 Å². The van der Waals surface area contributed by atoms with Crippen LogP contribution in [0.2, 0.25) is 0 Å². The third-order valence-corrected chi connectivity index (χ3v) is 4.04. The Kier molecular flexibility index (Phi) is 5.65. The Labute approximate surface area is 121 Å². The van der Waals surface area contributed by atoms with E-state index in [1.54, 1.807) is 6.26 Å². The summed E-state index contributed by atoms with van der Waals surface area (Å²) in [6.45, 7) is 2.59. The van der Waals surface area contributed by atoms with Crippen LogP contribution in [-0.4, -0.2) is 22.9 Å². The second-order valence-electron chi connectivity index (χ2n) is 5.91. The predicted octanol–water partition coefficient (Wildman–Crippen LogP) is 3.07. The van der Waals surface area contributed by atoms with E-state index in [1.807, 2.05) is 24.0 Å². The molecule has 0 spiro atoms. The summed E-state index contributed by atoms with van der Waals surface area (Å²) in [6.07, 6.45) is 8.75. The number of furan rings is 1. The Morgan fingerprint density at radius 2 is 2.25 bits per heavy atom. The van der Waals surface area contributed by atoms with Crippen LogP contribution in [0, 0.1) is 0 Å². The van der Waals surface area contributed by atoms with Crippen LogP contribution >= 0.6 is 0 Å². The van der Waals surface area contributed by atoms with E-state index in [-0.39, 0.29) is 11.9 Å². The summed E-state index contributed by atoms with van der Waals surface area (Å²) in [5.74, 6) is 1.12. The molecule has 20 heavy (non-hydrogen) atoms. The highest BCUT2D eigenvalue weighted by Crippen LogP contribution is 2.26. The normalized spacial score (nSPS) is 17.3. The van der Waals surface area contributed by atoms with E-state index >= 15 is 0 Å². The number of rotatable bonds is 7. The number of hydrogen-bond donors (Lipinski definition) is 1. The summed E-state index contributed by atoms with van der Waals surface area (Å²) in [5.41, 5.74) is 5.75. The van der Waals surface area contributed by atoms with Gasteiger partial charge >= 0.3 is 0 Å². The number of nitrogens with zero attached hydrogens (tertiary/aromatic N) is 1. The van der Waals surface area contributed by atoms with Gasteiger partial charge in [-0.2, -0.15) is 0 Å². The Hall–Kier alpha value is -1.29. The lowest BCUT2D eigenvalue weighted by Crippen LogP contribution is -2.38. The number of carbonyl (C=O) groups excluding carboxylic acids is 1. The van der Waals surface area contributed by atoms with Crippen molar-refractivity contribution < 1.29 is 9.21 Å². The molecule has 1 fully saturated rings. The van der Waals surface area contributed by atoms with Crippen LogP contribution in [0.3, 0.4) is 0 Å². The van der Waals surface area contributed by atoms with Crippen LogP contribution in [0.5, 0.6) is 0 Å². The van der Waals surface area contributed by atoms with Crippen molar-refractivity contribution in [3.05, 3.63) is 24.2 Å². The molecule has 0 aromatic carbocycles. The first-order valence-corrected chi connectivity index (χ1v) is 7.74. The van der Waals surface area contributed by atoms with Crippen molar-refractivity contribution in [1.29, 1.82) is 0 Å². The quantitative estimate of drug-likeness (QED) is 0.834. The average Bonchev–Trinajstić information content (AvgIpc) is 3.08. The summed E-state index contributed by atoms with van der Waals surface area (Å²) < 4.78 is 5.40. The summed E-state index contributed by atoms with van der Waals surface area (Å²) in [4.78, 5) is 14.5. The first kappa shape index (κ1) is 15.1. The Morgan fingerprint density at radius 1 is 1.50 bits per heavy atom. The van der Waals surface area contributed by atoms with Crippen molar-refractivity contribution in [3.63, 3.8) is 0 Å². The molecular formula is C16H26N2O2. The van der Waals surface area contributed by atoms with Gasteiger partial charge in [0.25, 0.3) is 0 Å². The van der Waals surface area contributed by atoms with Crippen LogP contribution < -0.4 is 5.73 Å². The first-order valence-electron chi connectivity index (χ1n) is 7.74. The molecule has 4 nitrogen and oxygen atoms in total. The number of carbonyl (C=O) groups is 1. The summed E-state index contributed by atoms with van der Waals surface area (Å²) in [7, 11) is 0. The Balaban J connectivity index is 1.92. The molecule has 0 radical (unpaired) electrons. The molecule has 0 bridgehead atoms. The molecule has 1 amide bonds. The van der Waals surface area contributed by atoms with Gasteiger partial charge in [-0.1, -0.05) is 12.8 Å². The van der Waals surface area contributed by atoms with E-state index in [1.165, 1.54) is 12.8 Å². The molecule has 2 N–H and O–H groups in total. The highest BCUT2D eigenvalue weighted by atomic mass is 16.3. The molecule has 2 rings (SSSR count). The highest BCUT2D eigenvalue weighted by Gasteiger charge is 2.27. The molecule has 1 saturated carbocycles. The van der Waals surface area contributed by atoms with E-state index in [0.29, 0.717) is 19.0 Å². The fourth-order valence-electron chi connectivity index (χ4n) is 2.93. The van der Waals surface area contributed by atoms with Crippen LogP contribution in [0.25, 0.3) is 0 Å². The molecule has 1 aromatic heterocycles. The first-order chi connectivity index (χ1) is 9.66. The number of nitrogens with two attached hydrogens (primary N) is 1. The second kappa shape index (κ2) is 7.48. The summed E-state index contributed by atoms with van der Waals surface area (Å²) in [5, 5.41) is 0. The Morgan fingerprint density at radius 3 is 2.85 bits per heavy atom. The van der Waals surface area contributed by atoms with E-state index in [4.69, 9.17) is 10.2 Å². The molecule has 0 saturated heterocycles. The summed E-state index contributed by atoms with van der Waals surface area (Å²) in [6, 6.07) is 4.38. The minimum atomic E-state index is 0.174. The molecule has 112 valence electrons. The maximum absolute atomic E-state index is 12.5. The van der Waals surface area contributed by atoms with Crippen molar-refractivity contribution in [1.82, 2.24) is 4.90 Å². The lowest BCUT2D eigenvalue weighted by atomic mass is 10.1. The van der Waals surface area contributed by atoms with Crippen molar-refractivity contribution >= 4 is 5.91 Å². The molecule has 1 aliphatic carbocycles. The summed E-state index contributed by atoms with van der Waals surface area (Å²) >= 11 is 0. The van der Waals surface area contributed by atoms with Crippen LogP contribution in [0.1, 0.15) is 57.6 Å². The molecule has 4 heteroatoms. The lowest BCUT2D eigenvalue weighted by molar-refractivity contribution is -0.134. The zero-order valence-corrected chi connectivity index (χ0v) is 12.4. The second-order valence-corrected chi connectivity index (χ2v) is 5.91. The molecule has 1 heterocycles. The number of hydrogen-bond acceptors (Lipinski definition) is 3. The van der Waals surface area contributed by atoms with Gasteiger partial charge in [0.2, 0.25) is 5.91 Å². The maximum Gasteiger partial charge on any atom is 0.223 e. The van der Waals surface area contributed by atoms with E-state index in [2.05, 4.69) is 0 Å². The largest absolute Gasteiger partial charge is 0.467 e. The molecular weight excluding hydrogens is 252 g/mol. The van der Waals surface area contributed by atoms with Gasteiger partial charge in [0, 0.05) is 18.5 Å². The Bertz CT molecular complexity index is 395. The van der Waals surface area contributed by atoms with E-state index in [9.17, 15) is 4.79 Å². The monoisotopic (exact) mass is 278 g/mol. The van der Waals surface area contributed by atoms with Crippen LogP contribution in [-0.2, 0) is 11.3 Å². The van der Waals surface area contributed by atoms with Gasteiger partial charge < -0.3 is 15.1 Å². The standard InChI is InChI=1S/C16H26N2O2/c1-13(17)6-4-10-16(19)18(14-7-2-3-8-14)12-15-9-5-11-20-15/h5,9,11,13-14H,2-4,6-8,10,12,17H2,1H3. The minimum absolute atomic E-state index is 0.174. The van der Waals surface area contributed by atoms with Gasteiger partial charge in [0.15, 0.2) is 0 Å².